The SMILES string of the molecule is CCC(CCO[Si](C)(C)C(C)(C)C)/C(=C\N(C)C)C(=O)O. The molecular weight excluding hydrogens is 282 g/mol. The second-order valence-electron chi connectivity index (χ2n) is 7.36. The number of carboxylic acid groups (broad SMARTS) is 1. The second-order valence-corrected chi connectivity index (χ2v) is 12.2. The molecule has 4 nitrogen and oxygen atoms in total. The van der Waals surface area contributed by atoms with Gasteiger partial charge in [-0.05, 0) is 36.9 Å². The topological polar surface area (TPSA) is 49.8 Å². The highest BCUT2D eigenvalue weighted by molar-refractivity contribution is 6.74. The smallest absolute Gasteiger partial charge is 0.333 e. The summed E-state index contributed by atoms with van der Waals surface area (Å²) in [6.07, 6.45) is 3.28. The molecule has 0 rings (SSSR count). The summed E-state index contributed by atoms with van der Waals surface area (Å²) in [5.41, 5.74) is 0.473. The van der Waals surface area contributed by atoms with E-state index in [1.165, 1.54) is 0 Å². The minimum absolute atomic E-state index is 0.0367. The summed E-state index contributed by atoms with van der Waals surface area (Å²) in [5.74, 6) is -0.794. The minimum Gasteiger partial charge on any atom is -0.478 e. The van der Waals surface area contributed by atoms with Crippen molar-refractivity contribution in [3.05, 3.63) is 11.8 Å². The lowest BCUT2D eigenvalue weighted by molar-refractivity contribution is -0.133. The zero-order chi connectivity index (χ0) is 16.8. The maximum atomic E-state index is 11.4. The molecule has 0 aromatic carbocycles. The Morgan fingerprint density at radius 3 is 2.19 bits per heavy atom. The molecule has 0 fully saturated rings. The van der Waals surface area contributed by atoms with Crippen molar-refractivity contribution in [2.24, 2.45) is 5.92 Å². The summed E-state index contributed by atoms with van der Waals surface area (Å²) in [6, 6.07) is 0. The van der Waals surface area contributed by atoms with Crippen LogP contribution in [0.5, 0.6) is 0 Å². The van der Waals surface area contributed by atoms with Crippen LogP contribution in [0.3, 0.4) is 0 Å². The van der Waals surface area contributed by atoms with Crippen molar-refractivity contribution in [3.63, 3.8) is 0 Å². The van der Waals surface area contributed by atoms with Crippen LogP contribution in [0.4, 0.5) is 0 Å². The molecule has 1 N–H and O–H groups in total. The Labute approximate surface area is 131 Å². The van der Waals surface area contributed by atoms with E-state index in [0.717, 1.165) is 12.8 Å². The zero-order valence-corrected chi connectivity index (χ0v) is 16.0. The normalized spacial score (nSPS) is 15.0. The molecule has 0 bridgehead atoms. The largest absolute Gasteiger partial charge is 0.478 e. The number of hydrogen-bond donors (Lipinski definition) is 1. The molecule has 0 aromatic heterocycles. The first-order valence-electron chi connectivity index (χ1n) is 7.67. The lowest BCUT2D eigenvalue weighted by atomic mass is 9.94. The van der Waals surface area contributed by atoms with Crippen LogP contribution in [-0.2, 0) is 9.22 Å². The summed E-state index contributed by atoms with van der Waals surface area (Å²) in [4.78, 5) is 13.2. The highest BCUT2D eigenvalue weighted by Crippen LogP contribution is 2.36. The number of aliphatic carboxylic acids is 1. The Hall–Kier alpha value is -0.813. The van der Waals surface area contributed by atoms with Crippen LogP contribution in [0.25, 0.3) is 0 Å². The first-order chi connectivity index (χ1) is 9.42. The third-order valence-electron chi connectivity index (χ3n) is 4.31. The van der Waals surface area contributed by atoms with Gasteiger partial charge in [-0.2, -0.15) is 0 Å². The van der Waals surface area contributed by atoms with Gasteiger partial charge >= 0.3 is 5.97 Å². The van der Waals surface area contributed by atoms with Crippen LogP contribution in [0.2, 0.25) is 18.1 Å². The fourth-order valence-electron chi connectivity index (χ4n) is 1.87. The molecule has 1 unspecified atom stereocenters. The van der Waals surface area contributed by atoms with Gasteiger partial charge in [-0.1, -0.05) is 27.7 Å². The van der Waals surface area contributed by atoms with Crippen molar-refractivity contribution in [2.45, 2.75) is 58.7 Å². The molecule has 5 heteroatoms. The van der Waals surface area contributed by atoms with Gasteiger partial charge < -0.3 is 14.4 Å². The molecule has 0 radical (unpaired) electrons. The summed E-state index contributed by atoms with van der Waals surface area (Å²) in [5, 5.41) is 9.57. The Kier molecular flexibility index (Phi) is 7.68. The predicted molar refractivity (Wildman–Crippen MR) is 91.0 cm³/mol. The Morgan fingerprint density at radius 1 is 1.33 bits per heavy atom. The molecule has 0 saturated carbocycles. The van der Waals surface area contributed by atoms with E-state index < -0.39 is 14.3 Å². The molecule has 0 aliphatic heterocycles. The van der Waals surface area contributed by atoms with Crippen LogP contribution < -0.4 is 0 Å². The van der Waals surface area contributed by atoms with Crippen molar-refractivity contribution < 1.29 is 14.3 Å². The predicted octanol–water partition coefficient (Wildman–Crippen LogP) is 3.95. The zero-order valence-electron chi connectivity index (χ0n) is 15.0. The molecule has 1 atom stereocenters. The standard InChI is InChI=1S/C16H33NO3Si/c1-9-13(14(15(18)19)12-17(5)6)10-11-20-21(7,8)16(2,3)4/h12-13H,9-11H2,1-8H3,(H,18,19)/b14-12+. The fourth-order valence-corrected chi connectivity index (χ4v) is 2.93. The molecule has 0 aromatic rings. The van der Waals surface area contributed by atoms with Gasteiger partial charge in [-0.3, -0.25) is 0 Å². The van der Waals surface area contributed by atoms with E-state index in [9.17, 15) is 9.90 Å². The van der Waals surface area contributed by atoms with Crippen LogP contribution in [-0.4, -0.2) is 45.0 Å². The maximum absolute atomic E-state index is 11.4. The third kappa shape index (κ3) is 6.65. The summed E-state index contributed by atoms with van der Waals surface area (Å²) >= 11 is 0. The molecular formula is C16H33NO3Si. The van der Waals surface area contributed by atoms with E-state index in [1.807, 2.05) is 21.0 Å². The average Bonchev–Trinajstić information content (AvgIpc) is 2.30. The van der Waals surface area contributed by atoms with Crippen LogP contribution in [0.1, 0.15) is 40.5 Å². The lowest BCUT2D eigenvalue weighted by Crippen LogP contribution is -2.41. The molecule has 0 amide bonds. The van der Waals surface area contributed by atoms with Crippen molar-refractivity contribution in [1.29, 1.82) is 0 Å². The Bertz CT molecular complexity index is 370. The summed E-state index contributed by atoms with van der Waals surface area (Å²) in [7, 11) is 1.94. The maximum Gasteiger partial charge on any atom is 0.333 e. The van der Waals surface area contributed by atoms with Crippen LogP contribution in [0, 0.1) is 5.92 Å². The van der Waals surface area contributed by atoms with Gasteiger partial charge in [0.2, 0.25) is 0 Å². The number of hydrogen-bond acceptors (Lipinski definition) is 3. The average molecular weight is 316 g/mol. The van der Waals surface area contributed by atoms with Gasteiger partial charge in [0.05, 0.1) is 5.57 Å². The molecule has 0 aliphatic rings. The van der Waals surface area contributed by atoms with Gasteiger partial charge in [-0.25, -0.2) is 4.79 Å². The number of carbonyl (C=O) groups is 1. The Balaban J connectivity index is 4.76. The van der Waals surface area contributed by atoms with Crippen molar-refractivity contribution >= 4 is 14.3 Å². The lowest BCUT2D eigenvalue weighted by Gasteiger charge is -2.36. The fraction of sp³-hybridized carbons (Fsp3) is 0.812. The van der Waals surface area contributed by atoms with Crippen molar-refractivity contribution in [2.75, 3.05) is 20.7 Å². The summed E-state index contributed by atoms with van der Waals surface area (Å²) in [6.45, 7) is 13.8. The highest BCUT2D eigenvalue weighted by atomic mass is 28.4. The Morgan fingerprint density at radius 2 is 1.86 bits per heavy atom. The van der Waals surface area contributed by atoms with E-state index in [-0.39, 0.29) is 11.0 Å². The van der Waals surface area contributed by atoms with E-state index in [4.69, 9.17) is 4.43 Å². The number of carboxylic acids is 1. The highest BCUT2D eigenvalue weighted by Gasteiger charge is 2.37. The molecule has 0 spiro atoms. The second kappa shape index (κ2) is 7.99. The van der Waals surface area contributed by atoms with Gasteiger partial charge in [0.25, 0.3) is 0 Å². The quantitative estimate of drug-likeness (QED) is 0.544. The number of nitrogens with zero attached hydrogens (tertiary/aromatic N) is 1. The van der Waals surface area contributed by atoms with Gasteiger partial charge in [-0.15, -0.1) is 0 Å². The third-order valence-corrected chi connectivity index (χ3v) is 8.85. The molecule has 0 saturated heterocycles. The van der Waals surface area contributed by atoms with E-state index in [2.05, 4.69) is 33.9 Å². The monoisotopic (exact) mass is 315 g/mol. The molecule has 124 valence electrons. The minimum atomic E-state index is -1.76. The van der Waals surface area contributed by atoms with Crippen molar-refractivity contribution in [3.8, 4) is 0 Å². The van der Waals surface area contributed by atoms with Crippen LogP contribution >= 0.6 is 0 Å². The summed E-state index contributed by atoms with van der Waals surface area (Å²) < 4.78 is 6.17. The number of rotatable bonds is 8. The first kappa shape index (κ1) is 20.2. The van der Waals surface area contributed by atoms with E-state index in [0.29, 0.717) is 12.2 Å². The molecule has 0 heterocycles. The van der Waals surface area contributed by atoms with Gasteiger partial charge in [0.15, 0.2) is 8.32 Å². The van der Waals surface area contributed by atoms with E-state index in [1.54, 1.807) is 11.1 Å². The molecule has 21 heavy (non-hydrogen) atoms. The molecule has 0 aliphatic carbocycles. The van der Waals surface area contributed by atoms with Gasteiger partial charge in [0.1, 0.15) is 0 Å². The first-order valence-corrected chi connectivity index (χ1v) is 10.6. The van der Waals surface area contributed by atoms with Crippen molar-refractivity contribution in [1.82, 2.24) is 4.90 Å². The van der Waals surface area contributed by atoms with Gasteiger partial charge in [0, 0.05) is 26.9 Å². The van der Waals surface area contributed by atoms with E-state index >= 15 is 0 Å². The van der Waals surface area contributed by atoms with Crippen LogP contribution in [0.15, 0.2) is 11.8 Å².